The number of rotatable bonds is 2. The molecule has 0 unspecified atom stereocenters. The molecule has 0 N–H and O–H groups in total. The Morgan fingerprint density at radius 1 is 0.808 bits per heavy atom. The Morgan fingerprint density at radius 2 is 1.46 bits per heavy atom. The van der Waals surface area contributed by atoms with Crippen LogP contribution in [0.1, 0.15) is 26.7 Å². The van der Waals surface area contributed by atoms with Crippen LogP contribution in [0.3, 0.4) is 0 Å². The summed E-state index contributed by atoms with van der Waals surface area (Å²) in [5.74, 6) is 0.975. The molecule has 2 amide bonds. The minimum absolute atomic E-state index is 0.0108. The summed E-state index contributed by atoms with van der Waals surface area (Å²) in [5, 5.41) is 2.17. The molecule has 1 saturated heterocycles. The van der Waals surface area contributed by atoms with E-state index in [1.807, 2.05) is 49.4 Å². The second-order valence-electron chi connectivity index (χ2n) is 6.56. The Labute approximate surface area is 151 Å². The minimum atomic E-state index is -0.115. The molecule has 1 aliphatic heterocycles. The first kappa shape index (κ1) is 16.4. The molecule has 0 atom stereocenters. The first-order valence-corrected chi connectivity index (χ1v) is 8.75. The molecule has 4 rings (SSSR count). The van der Waals surface area contributed by atoms with E-state index in [1.165, 1.54) is 0 Å². The number of benzene rings is 2. The average Bonchev–Trinajstić information content (AvgIpc) is 3.13. The van der Waals surface area contributed by atoms with Gasteiger partial charge in [-0.2, -0.15) is 0 Å². The Bertz CT molecular complexity index is 968. The molecule has 5 heteroatoms. The van der Waals surface area contributed by atoms with Crippen molar-refractivity contribution in [3.63, 3.8) is 0 Å². The van der Waals surface area contributed by atoms with Gasteiger partial charge in [-0.3, -0.25) is 9.59 Å². The Morgan fingerprint density at radius 3 is 2.12 bits per heavy atom. The van der Waals surface area contributed by atoms with E-state index >= 15 is 0 Å². The summed E-state index contributed by atoms with van der Waals surface area (Å²) in [6.45, 7) is 3.89. The highest BCUT2D eigenvalue weighted by Crippen LogP contribution is 2.18. The van der Waals surface area contributed by atoms with Crippen molar-refractivity contribution in [2.45, 2.75) is 6.92 Å². The van der Waals surface area contributed by atoms with E-state index in [4.69, 9.17) is 4.42 Å². The highest BCUT2D eigenvalue weighted by molar-refractivity contribution is 5.99. The van der Waals surface area contributed by atoms with Crippen molar-refractivity contribution in [2.75, 3.05) is 26.2 Å². The van der Waals surface area contributed by atoms with Crippen LogP contribution in [0.5, 0.6) is 0 Å². The van der Waals surface area contributed by atoms with E-state index in [-0.39, 0.29) is 11.8 Å². The van der Waals surface area contributed by atoms with Crippen LogP contribution in [0.25, 0.3) is 10.8 Å². The van der Waals surface area contributed by atoms with Gasteiger partial charge in [0, 0.05) is 31.7 Å². The number of nitrogens with zero attached hydrogens (tertiary/aromatic N) is 2. The molecule has 26 heavy (non-hydrogen) atoms. The molecule has 0 spiro atoms. The van der Waals surface area contributed by atoms with Gasteiger partial charge in [0.1, 0.15) is 5.76 Å². The topological polar surface area (TPSA) is 53.8 Å². The molecule has 5 nitrogen and oxygen atoms in total. The fraction of sp³-hybridized carbons (Fsp3) is 0.238. The summed E-state index contributed by atoms with van der Waals surface area (Å²) in [5.41, 5.74) is 0.685. The lowest BCUT2D eigenvalue weighted by Gasteiger charge is -2.34. The van der Waals surface area contributed by atoms with Gasteiger partial charge in [-0.15, -0.1) is 0 Å². The molecule has 1 aromatic heterocycles. The predicted molar refractivity (Wildman–Crippen MR) is 99.2 cm³/mol. The fourth-order valence-corrected chi connectivity index (χ4v) is 3.32. The third-order valence-electron chi connectivity index (χ3n) is 4.80. The molecule has 0 bridgehead atoms. The number of piperazine rings is 1. The van der Waals surface area contributed by atoms with Gasteiger partial charge in [0.25, 0.3) is 11.8 Å². The SMILES string of the molecule is Cc1ccc(C(=O)N2CCN(C(=O)c3ccc4ccccc4c3)CC2)o1. The Kier molecular flexibility index (Phi) is 4.21. The van der Waals surface area contributed by atoms with Crippen molar-refractivity contribution in [3.8, 4) is 0 Å². The van der Waals surface area contributed by atoms with E-state index in [2.05, 4.69) is 0 Å². The van der Waals surface area contributed by atoms with Crippen molar-refractivity contribution in [1.82, 2.24) is 9.80 Å². The van der Waals surface area contributed by atoms with Crippen molar-refractivity contribution < 1.29 is 14.0 Å². The van der Waals surface area contributed by atoms with Crippen LogP contribution in [0.4, 0.5) is 0 Å². The summed E-state index contributed by atoms with van der Waals surface area (Å²) in [4.78, 5) is 28.8. The van der Waals surface area contributed by atoms with E-state index < -0.39 is 0 Å². The number of furan rings is 1. The van der Waals surface area contributed by atoms with Gasteiger partial charge < -0.3 is 14.2 Å². The van der Waals surface area contributed by atoms with Gasteiger partial charge in [-0.1, -0.05) is 30.3 Å². The molecule has 3 aromatic rings. The van der Waals surface area contributed by atoms with Crippen molar-refractivity contribution >= 4 is 22.6 Å². The minimum Gasteiger partial charge on any atom is -0.456 e. The molecular weight excluding hydrogens is 328 g/mol. The zero-order valence-corrected chi connectivity index (χ0v) is 14.6. The van der Waals surface area contributed by atoms with Crippen LogP contribution in [0, 0.1) is 6.92 Å². The Balaban J connectivity index is 1.43. The molecule has 0 aliphatic carbocycles. The lowest BCUT2D eigenvalue weighted by atomic mass is 10.1. The van der Waals surface area contributed by atoms with Gasteiger partial charge in [-0.05, 0) is 42.0 Å². The maximum absolute atomic E-state index is 12.8. The van der Waals surface area contributed by atoms with Gasteiger partial charge in [-0.25, -0.2) is 0 Å². The van der Waals surface area contributed by atoms with Crippen molar-refractivity contribution in [1.29, 1.82) is 0 Å². The van der Waals surface area contributed by atoms with Gasteiger partial charge in [0.05, 0.1) is 0 Å². The molecule has 1 fully saturated rings. The van der Waals surface area contributed by atoms with E-state index in [9.17, 15) is 9.59 Å². The largest absolute Gasteiger partial charge is 0.456 e. The number of carbonyl (C=O) groups excluding carboxylic acids is 2. The summed E-state index contributed by atoms with van der Waals surface area (Å²) < 4.78 is 5.41. The average molecular weight is 348 g/mol. The molecular formula is C21H20N2O3. The van der Waals surface area contributed by atoms with Crippen LogP contribution < -0.4 is 0 Å². The zero-order valence-electron chi connectivity index (χ0n) is 14.6. The van der Waals surface area contributed by atoms with Gasteiger partial charge >= 0.3 is 0 Å². The maximum atomic E-state index is 12.8. The molecule has 2 aromatic carbocycles. The van der Waals surface area contributed by atoms with E-state index in [1.54, 1.807) is 21.9 Å². The van der Waals surface area contributed by atoms with Gasteiger partial charge in [0.15, 0.2) is 5.76 Å². The second kappa shape index (κ2) is 6.67. The summed E-state index contributed by atoms with van der Waals surface area (Å²) in [6.07, 6.45) is 0. The normalized spacial score (nSPS) is 14.7. The fourth-order valence-electron chi connectivity index (χ4n) is 3.32. The summed E-state index contributed by atoms with van der Waals surface area (Å²) in [7, 11) is 0. The first-order valence-electron chi connectivity index (χ1n) is 8.75. The Hall–Kier alpha value is -3.08. The first-order chi connectivity index (χ1) is 12.6. The third-order valence-corrected chi connectivity index (χ3v) is 4.80. The van der Waals surface area contributed by atoms with Gasteiger partial charge in [0.2, 0.25) is 0 Å². The molecule has 1 aliphatic rings. The standard InChI is InChI=1S/C21H20N2O3/c1-15-6-9-19(26-15)21(25)23-12-10-22(11-13-23)20(24)18-8-7-16-4-2-3-5-17(16)14-18/h2-9,14H,10-13H2,1H3. The highest BCUT2D eigenvalue weighted by Gasteiger charge is 2.26. The lowest BCUT2D eigenvalue weighted by Crippen LogP contribution is -2.50. The second-order valence-corrected chi connectivity index (χ2v) is 6.56. The monoisotopic (exact) mass is 348 g/mol. The molecule has 0 radical (unpaired) electrons. The summed E-state index contributed by atoms with van der Waals surface area (Å²) >= 11 is 0. The predicted octanol–water partition coefficient (Wildman–Crippen LogP) is 3.34. The number of hydrogen-bond donors (Lipinski definition) is 0. The number of hydrogen-bond acceptors (Lipinski definition) is 3. The number of fused-ring (bicyclic) bond motifs is 1. The lowest BCUT2D eigenvalue weighted by molar-refractivity contribution is 0.0517. The van der Waals surface area contributed by atoms with E-state index in [0.717, 1.165) is 16.5 Å². The van der Waals surface area contributed by atoms with Crippen LogP contribution >= 0.6 is 0 Å². The molecule has 0 saturated carbocycles. The molecule has 2 heterocycles. The van der Waals surface area contributed by atoms with Crippen LogP contribution in [-0.2, 0) is 0 Å². The highest BCUT2D eigenvalue weighted by atomic mass is 16.3. The van der Waals surface area contributed by atoms with Crippen molar-refractivity contribution in [3.05, 3.63) is 71.7 Å². The molecule has 132 valence electrons. The quantitative estimate of drug-likeness (QED) is 0.714. The maximum Gasteiger partial charge on any atom is 0.289 e. The van der Waals surface area contributed by atoms with E-state index in [0.29, 0.717) is 37.5 Å². The van der Waals surface area contributed by atoms with Crippen LogP contribution in [0.2, 0.25) is 0 Å². The zero-order chi connectivity index (χ0) is 18.1. The van der Waals surface area contributed by atoms with Crippen LogP contribution in [0.15, 0.2) is 59.0 Å². The number of aryl methyl sites for hydroxylation is 1. The summed E-state index contributed by atoms with van der Waals surface area (Å²) in [6, 6.07) is 17.3. The smallest absolute Gasteiger partial charge is 0.289 e. The van der Waals surface area contributed by atoms with Crippen LogP contribution in [-0.4, -0.2) is 47.8 Å². The van der Waals surface area contributed by atoms with Crippen molar-refractivity contribution in [2.24, 2.45) is 0 Å². The number of amides is 2. The third kappa shape index (κ3) is 3.08. The number of carbonyl (C=O) groups is 2.